The molecule has 0 amide bonds. The first-order valence-electron chi connectivity index (χ1n) is 6.16. The number of hydrogen-bond acceptors (Lipinski definition) is 3. The van der Waals surface area contributed by atoms with Crippen molar-refractivity contribution in [1.82, 2.24) is 0 Å². The van der Waals surface area contributed by atoms with Crippen LogP contribution in [0.4, 0.5) is 4.79 Å². The first-order chi connectivity index (χ1) is 9.71. The van der Waals surface area contributed by atoms with Gasteiger partial charge in [0.15, 0.2) is 5.60 Å². The maximum Gasteiger partial charge on any atom is 0.514 e. The van der Waals surface area contributed by atoms with Gasteiger partial charge >= 0.3 is 6.16 Å². The van der Waals surface area contributed by atoms with Gasteiger partial charge in [0.25, 0.3) is 0 Å². The average Bonchev–Trinajstić information content (AvgIpc) is 2.37. The Labute approximate surface area is 137 Å². The number of alkyl halides is 3. The fourth-order valence-corrected chi connectivity index (χ4v) is 1.78. The summed E-state index contributed by atoms with van der Waals surface area (Å²) in [5.41, 5.74) is -1.32. The highest BCUT2D eigenvalue weighted by Gasteiger charge is 2.44. The quantitative estimate of drug-likeness (QED) is 0.408. The molecule has 0 bridgehead atoms. The summed E-state index contributed by atoms with van der Waals surface area (Å²) in [6.07, 6.45) is -0.928. The molecular formula is C15H13Cl3O3. The second-order valence-electron chi connectivity index (χ2n) is 4.94. The molecular weight excluding hydrogens is 335 g/mol. The van der Waals surface area contributed by atoms with Crippen molar-refractivity contribution in [2.45, 2.75) is 23.2 Å². The lowest BCUT2D eigenvalue weighted by Crippen LogP contribution is -2.41. The number of benzene rings is 2. The molecule has 112 valence electrons. The Bertz CT molecular complexity index is 657. The lowest BCUT2D eigenvalue weighted by atomic mass is 10.1. The number of rotatable bonds is 2. The van der Waals surface area contributed by atoms with Crippen molar-refractivity contribution in [3.63, 3.8) is 0 Å². The fourth-order valence-electron chi connectivity index (χ4n) is 1.66. The number of hydrogen-bond donors (Lipinski definition) is 0. The van der Waals surface area contributed by atoms with Crippen molar-refractivity contribution in [2.24, 2.45) is 0 Å². The number of ether oxygens (including phenoxy) is 2. The summed E-state index contributed by atoms with van der Waals surface area (Å²) >= 11 is 17.3. The summed E-state index contributed by atoms with van der Waals surface area (Å²) < 4.78 is 8.56. The second kappa shape index (κ2) is 5.91. The summed E-state index contributed by atoms with van der Waals surface area (Å²) in [7, 11) is 0. The maximum absolute atomic E-state index is 11.9. The van der Waals surface area contributed by atoms with Gasteiger partial charge in [-0.05, 0) is 25.3 Å². The number of carbonyl (C=O) groups is 1. The third kappa shape index (κ3) is 3.73. The van der Waals surface area contributed by atoms with Gasteiger partial charge in [-0.1, -0.05) is 71.2 Å². The smallest absolute Gasteiger partial charge is 0.423 e. The summed E-state index contributed by atoms with van der Waals surface area (Å²) in [5.74, 6) is 0.387. The van der Waals surface area contributed by atoms with Crippen LogP contribution < -0.4 is 4.74 Å². The van der Waals surface area contributed by atoms with E-state index < -0.39 is 15.5 Å². The van der Waals surface area contributed by atoms with Crippen molar-refractivity contribution in [3.05, 3.63) is 42.5 Å². The van der Waals surface area contributed by atoms with Gasteiger partial charge in [0.05, 0.1) is 0 Å². The van der Waals surface area contributed by atoms with Gasteiger partial charge in [-0.3, -0.25) is 0 Å². The summed E-state index contributed by atoms with van der Waals surface area (Å²) in [6, 6.07) is 12.9. The molecule has 0 aliphatic heterocycles. The third-order valence-corrected chi connectivity index (χ3v) is 4.33. The number of fused-ring (bicyclic) bond motifs is 1. The Morgan fingerprint density at radius 3 is 2.29 bits per heavy atom. The molecule has 0 saturated heterocycles. The van der Waals surface area contributed by atoms with Crippen molar-refractivity contribution < 1.29 is 14.3 Å². The van der Waals surface area contributed by atoms with E-state index in [1.165, 1.54) is 13.8 Å². The molecule has 3 nitrogen and oxygen atoms in total. The molecule has 2 aromatic carbocycles. The zero-order chi connectivity index (χ0) is 15.7. The zero-order valence-electron chi connectivity index (χ0n) is 11.4. The van der Waals surface area contributed by atoms with E-state index in [1.54, 1.807) is 12.1 Å². The Balaban J connectivity index is 2.20. The minimum absolute atomic E-state index is 0.387. The van der Waals surface area contributed by atoms with Crippen LogP contribution in [0.15, 0.2) is 42.5 Å². The van der Waals surface area contributed by atoms with E-state index in [9.17, 15) is 4.79 Å². The number of carbonyl (C=O) groups excluding carboxylic acids is 1. The van der Waals surface area contributed by atoms with E-state index in [0.717, 1.165) is 10.8 Å². The van der Waals surface area contributed by atoms with Crippen LogP contribution in [0.1, 0.15) is 13.8 Å². The number of halogens is 3. The van der Waals surface area contributed by atoms with E-state index in [0.29, 0.717) is 5.75 Å². The standard InChI is InChI=1S/C15H13Cl3O3/c1-14(2,15(16,17)18)21-13(19)20-12-9-5-7-10-6-3-4-8-11(10)12/h3-9H,1-2H3. The molecule has 0 fully saturated rings. The predicted molar refractivity (Wildman–Crippen MR) is 85.4 cm³/mol. The summed E-state index contributed by atoms with van der Waals surface area (Å²) in [4.78, 5) is 11.9. The van der Waals surface area contributed by atoms with E-state index in [-0.39, 0.29) is 0 Å². The van der Waals surface area contributed by atoms with E-state index in [1.807, 2.05) is 30.3 Å². The molecule has 0 radical (unpaired) electrons. The van der Waals surface area contributed by atoms with Crippen LogP contribution >= 0.6 is 34.8 Å². The Hall–Kier alpha value is -1.16. The molecule has 0 spiro atoms. The highest BCUT2D eigenvalue weighted by atomic mass is 35.6. The van der Waals surface area contributed by atoms with Crippen molar-refractivity contribution in [3.8, 4) is 5.75 Å². The molecule has 0 aliphatic rings. The lowest BCUT2D eigenvalue weighted by molar-refractivity contribution is 0.0118. The van der Waals surface area contributed by atoms with E-state index in [4.69, 9.17) is 44.3 Å². The zero-order valence-corrected chi connectivity index (χ0v) is 13.7. The first kappa shape index (κ1) is 16.2. The molecule has 21 heavy (non-hydrogen) atoms. The van der Waals surface area contributed by atoms with E-state index in [2.05, 4.69) is 0 Å². The molecule has 0 N–H and O–H groups in total. The molecule has 6 heteroatoms. The Morgan fingerprint density at radius 1 is 1.00 bits per heavy atom. The van der Waals surface area contributed by atoms with Gasteiger partial charge < -0.3 is 9.47 Å². The maximum atomic E-state index is 11.9. The highest BCUT2D eigenvalue weighted by Crippen LogP contribution is 2.40. The average molecular weight is 348 g/mol. The van der Waals surface area contributed by atoms with Crippen LogP contribution in [0.25, 0.3) is 10.8 Å². The van der Waals surface area contributed by atoms with Crippen LogP contribution in [0.2, 0.25) is 0 Å². The molecule has 0 heterocycles. The molecule has 0 atom stereocenters. The normalized spacial score (nSPS) is 12.2. The lowest BCUT2D eigenvalue weighted by Gasteiger charge is -2.31. The fraction of sp³-hybridized carbons (Fsp3) is 0.267. The summed E-state index contributed by atoms with van der Waals surface area (Å²) in [6.45, 7) is 2.98. The topological polar surface area (TPSA) is 35.5 Å². The second-order valence-corrected chi connectivity index (χ2v) is 7.22. The molecule has 2 rings (SSSR count). The third-order valence-electron chi connectivity index (χ3n) is 2.96. The van der Waals surface area contributed by atoms with Crippen LogP contribution in [0.3, 0.4) is 0 Å². The van der Waals surface area contributed by atoms with Crippen LogP contribution in [-0.4, -0.2) is 15.5 Å². The van der Waals surface area contributed by atoms with Crippen molar-refractivity contribution >= 4 is 51.7 Å². The van der Waals surface area contributed by atoms with E-state index >= 15 is 0 Å². The van der Waals surface area contributed by atoms with Gasteiger partial charge in [0.2, 0.25) is 3.79 Å². The molecule has 0 aliphatic carbocycles. The molecule has 0 saturated carbocycles. The largest absolute Gasteiger partial charge is 0.514 e. The first-order valence-corrected chi connectivity index (χ1v) is 7.29. The van der Waals surface area contributed by atoms with Gasteiger partial charge in [0, 0.05) is 5.39 Å². The monoisotopic (exact) mass is 346 g/mol. The summed E-state index contributed by atoms with van der Waals surface area (Å²) in [5, 5.41) is 1.74. The van der Waals surface area contributed by atoms with Crippen molar-refractivity contribution in [1.29, 1.82) is 0 Å². The predicted octanol–water partition coefficient (Wildman–Crippen LogP) is 5.50. The Morgan fingerprint density at radius 2 is 1.62 bits per heavy atom. The van der Waals surface area contributed by atoms with Crippen LogP contribution in [0, 0.1) is 0 Å². The SMILES string of the molecule is CC(C)(OC(=O)Oc1cccc2ccccc12)C(Cl)(Cl)Cl. The van der Waals surface area contributed by atoms with Crippen LogP contribution in [0.5, 0.6) is 5.75 Å². The van der Waals surface area contributed by atoms with Crippen LogP contribution in [-0.2, 0) is 4.74 Å². The van der Waals surface area contributed by atoms with Gasteiger partial charge in [-0.2, -0.15) is 0 Å². The minimum atomic E-state index is -1.76. The van der Waals surface area contributed by atoms with Crippen molar-refractivity contribution in [2.75, 3.05) is 0 Å². The minimum Gasteiger partial charge on any atom is -0.423 e. The highest BCUT2D eigenvalue weighted by molar-refractivity contribution is 6.68. The van der Waals surface area contributed by atoms with Gasteiger partial charge in [0.1, 0.15) is 5.75 Å². The van der Waals surface area contributed by atoms with Gasteiger partial charge in [-0.15, -0.1) is 0 Å². The Kier molecular flexibility index (Phi) is 4.57. The molecule has 0 aromatic heterocycles. The van der Waals surface area contributed by atoms with Gasteiger partial charge in [-0.25, -0.2) is 4.79 Å². The molecule has 0 unspecified atom stereocenters. The molecule has 2 aromatic rings.